The minimum absolute atomic E-state index is 0.0950. The molecule has 0 spiro atoms. The summed E-state index contributed by atoms with van der Waals surface area (Å²) in [4.78, 5) is 24.7. The second-order valence-electron chi connectivity index (χ2n) is 5.88. The number of fused-ring (bicyclic) bond motifs is 3. The lowest BCUT2D eigenvalue weighted by atomic mass is 9.85. The summed E-state index contributed by atoms with van der Waals surface area (Å²) >= 11 is 0. The summed E-state index contributed by atoms with van der Waals surface area (Å²) in [6, 6.07) is 7.78. The summed E-state index contributed by atoms with van der Waals surface area (Å²) in [5.74, 6) is -0.197. The van der Waals surface area contributed by atoms with E-state index in [9.17, 15) is 9.59 Å². The normalized spacial score (nSPS) is 21.3. The lowest BCUT2D eigenvalue weighted by Gasteiger charge is -2.26. The Morgan fingerprint density at radius 3 is 2.95 bits per heavy atom. The van der Waals surface area contributed by atoms with Gasteiger partial charge in [0.25, 0.3) is 0 Å². The fraction of sp³-hybridized carbons (Fsp3) is 0.412. The highest BCUT2D eigenvalue weighted by atomic mass is 16.5. The van der Waals surface area contributed by atoms with E-state index >= 15 is 0 Å². The van der Waals surface area contributed by atoms with Crippen molar-refractivity contribution in [2.45, 2.75) is 32.2 Å². The zero-order valence-electron chi connectivity index (χ0n) is 11.8. The quantitative estimate of drug-likeness (QED) is 0.695. The molecule has 0 saturated heterocycles. The molecule has 1 aromatic carbocycles. The van der Waals surface area contributed by atoms with Crippen molar-refractivity contribution in [1.82, 2.24) is 4.57 Å². The second-order valence-corrected chi connectivity index (χ2v) is 5.88. The summed E-state index contributed by atoms with van der Waals surface area (Å²) in [6.07, 6.45) is 2.82. The molecule has 21 heavy (non-hydrogen) atoms. The van der Waals surface area contributed by atoms with Gasteiger partial charge in [0.05, 0.1) is 18.0 Å². The summed E-state index contributed by atoms with van der Waals surface area (Å²) in [7, 11) is 0. The van der Waals surface area contributed by atoms with Crippen LogP contribution in [0.4, 0.5) is 0 Å². The minimum Gasteiger partial charge on any atom is -0.465 e. The van der Waals surface area contributed by atoms with Crippen LogP contribution in [0.15, 0.2) is 29.1 Å². The van der Waals surface area contributed by atoms with Gasteiger partial charge in [-0.3, -0.25) is 9.59 Å². The van der Waals surface area contributed by atoms with Crippen LogP contribution in [0.25, 0.3) is 10.9 Å². The van der Waals surface area contributed by atoms with Crippen LogP contribution in [-0.4, -0.2) is 17.1 Å². The topological polar surface area (TPSA) is 48.3 Å². The third-order valence-electron chi connectivity index (χ3n) is 4.67. The molecule has 2 heterocycles. The van der Waals surface area contributed by atoms with E-state index in [0.29, 0.717) is 19.4 Å². The molecule has 4 rings (SSSR count). The van der Waals surface area contributed by atoms with Crippen molar-refractivity contribution in [2.24, 2.45) is 5.92 Å². The average Bonchev–Trinajstić information content (AvgIpc) is 2.58. The van der Waals surface area contributed by atoms with Gasteiger partial charge >= 0.3 is 5.97 Å². The monoisotopic (exact) mass is 283 g/mol. The number of para-hydroxylation sites is 1. The van der Waals surface area contributed by atoms with Crippen LogP contribution in [0.2, 0.25) is 0 Å². The number of carbonyl (C=O) groups excluding carboxylic acids is 1. The first-order valence-electron chi connectivity index (χ1n) is 7.55. The van der Waals surface area contributed by atoms with E-state index in [0.717, 1.165) is 41.5 Å². The Balaban J connectivity index is 2.03. The molecule has 1 unspecified atom stereocenters. The van der Waals surface area contributed by atoms with Crippen molar-refractivity contribution in [3.05, 3.63) is 45.7 Å². The number of aryl methyl sites for hydroxylation is 1. The number of nitrogens with zero attached hydrogens (tertiary/aromatic N) is 1. The van der Waals surface area contributed by atoms with E-state index in [1.165, 1.54) is 0 Å². The van der Waals surface area contributed by atoms with Gasteiger partial charge in [0.15, 0.2) is 5.43 Å². The Bertz CT molecular complexity index is 790. The van der Waals surface area contributed by atoms with Crippen molar-refractivity contribution in [1.29, 1.82) is 0 Å². The highest BCUT2D eigenvalue weighted by Crippen LogP contribution is 2.28. The van der Waals surface area contributed by atoms with Crippen molar-refractivity contribution in [3.63, 3.8) is 0 Å². The molecule has 1 atom stereocenters. The molecule has 1 aliphatic carbocycles. The van der Waals surface area contributed by atoms with E-state index in [1.54, 1.807) is 0 Å². The highest BCUT2D eigenvalue weighted by Gasteiger charge is 2.30. The molecule has 2 aliphatic rings. The van der Waals surface area contributed by atoms with Gasteiger partial charge in [-0.2, -0.15) is 0 Å². The van der Waals surface area contributed by atoms with Crippen LogP contribution in [0.3, 0.4) is 0 Å². The lowest BCUT2D eigenvalue weighted by Crippen LogP contribution is -2.30. The van der Waals surface area contributed by atoms with Gasteiger partial charge in [0.1, 0.15) is 0 Å². The van der Waals surface area contributed by atoms with Crippen LogP contribution in [-0.2, 0) is 28.9 Å². The number of aromatic nitrogens is 1. The molecule has 0 radical (unpaired) electrons. The molecular formula is C17H17NO3. The van der Waals surface area contributed by atoms with Crippen molar-refractivity contribution in [3.8, 4) is 0 Å². The Labute approximate surface area is 122 Å². The molecule has 4 nitrogen and oxygen atoms in total. The fourth-order valence-electron chi connectivity index (χ4n) is 3.62. The van der Waals surface area contributed by atoms with Crippen LogP contribution in [0.5, 0.6) is 0 Å². The van der Waals surface area contributed by atoms with Gasteiger partial charge < -0.3 is 9.30 Å². The summed E-state index contributed by atoms with van der Waals surface area (Å²) in [6.45, 7) is 1.26. The zero-order chi connectivity index (χ0) is 14.4. The van der Waals surface area contributed by atoms with E-state index in [2.05, 4.69) is 4.57 Å². The smallest absolute Gasteiger partial charge is 0.309 e. The van der Waals surface area contributed by atoms with E-state index in [-0.39, 0.29) is 17.3 Å². The summed E-state index contributed by atoms with van der Waals surface area (Å²) in [5, 5.41) is 0.793. The molecule has 2 aromatic rings. The maximum Gasteiger partial charge on any atom is 0.309 e. The van der Waals surface area contributed by atoms with Crippen LogP contribution < -0.4 is 5.43 Å². The second kappa shape index (κ2) is 4.72. The molecule has 0 amide bonds. The largest absolute Gasteiger partial charge is 0.465 e. The Morgan fingerprint density at radius 2 is 2.05 bits per heavy atom. The first kappa shape index (κ1) is 12.6. The lowest BCUT2D eigenvalue weighted by molar-refractivity contribution is -0.148. The molecule has 0 saturated carbocycles. The third-order valence-corrected chi connectivity index (χ3v) is 4.67. The zero-order valence-corrected chi connectivity index (χ0v) is 11.8. The van der Waals surface area contributed by atoms with Crippen LogP contribution in [0.1, 0.15) is 24.1 Å². The van der Waals surface area contributed by atoms with E-state index < -0.39 is 0 Å². The predicted molar refractivity (Wildman–Crippen MR) is 79.3 cm³/mol. The molecule has 1 aliphatic heterocycles. The Morgan fingerprint density at radius 1 is 1.19 bits per heavy atom. The minimum atomic E-state index is -0.102. The summed E-state index contributed by atoms with van der Waals surface area (Å²) in [5.41, 5.74) is 3.08. The average molecular weight is 283 g/mol. The maximum atomic E-state index is 12.7. The predicted octanol–water partition coefficient (Wildman–Crippen LogP) is 2.05. The van der Waals surface area contributed by atoms with Crippen molar-refractivity contribution >= 4 is 16.9 Å². The third kappa shape index (κ3) is 1.89. The fourth-order valence-corrected chi connectivity index (χ4v) is 3.62. The number of benzene rings is 1. The molecule has 0 fully saturated rings. The molecule has 108 valence electrons. The summed E-state index contributed by atoms with van der Waals surface area (Å²) < 4.78 is 7.58. The number of rotatable bonds is 0. The SMILES string of the molecule is O=C1OCCCn2c3c(c(=O)c4ccccc42)CCC1C3. The van der Waals surface area contributed by atoms with Gasteiger partial charge in [0.2, 0.25) is 0 Å². The molecule has 4 heteroatoms. The number of cyclic esters (lactones) is 1. The van der Waals surface area contributed by atoms with Crippen molar-refractivity contribution < 1.29 is 9.53 Å². The number of carbonyl (C=O) groups is 1. The van der Waals surface area contributed by atoms with Gasteiger partial charge in [-0.1, -0.05) is 12.1 Å². The van der Waals surface area contributed by atoms with E-state index in [1.807, 2.05) is 24.3 Å². The van der Waals surface area contributed by atoms with Gasteiger partial charge in [-0.05, 0) is 31.4 Å². The number of hydrogen-bond acceptors (Lipinski definition) is 3. The molecule has 1 aromatic heterocycles. The number of esters is 1. The number of pyridine rings is 1. The van der Waals surface area contributed by atoms with Gasteiger partial charge in [-0.25, -0.2) is 0 Å². The first-order valence-corrected chi connectivity index (χ1v) is 7.55. The van der Waals surface area contributed by atoms with Gasteiger partial charge in [-0.15, -0.1) is 0 Å². The van der Waals surface area contributed by atoms with Crippen LogP contribution >= 0.6 is 0 Å². The maximum absolute atomic E-state index is 12.7. The first-order chi connectivity index (χ1) is 10.3. The van der Waals surface area contributed by atoms with E-state index in [4.69, 9.17) is 4.74 Å². The highest BCUT2D eigenvalue weighted by molar-refractivity contribution is 5.81. The Hall–Kier alpha value is -2.10. The molecular weight excluding hydrogens is 266 g/mol. The number of hydrogen-bond donors (Lipinski definition) is 0. The van der Waals surface area contributed by atoms with Crippen molar-refractivity contribution in [2.75, 3.05) is 6.61 Å². The number of ether oxygens (including phenoxy) is 1. The molecule has 2 bridgehead atoms. The van der Waals surface area contributed by atoms with Crippen LogP contribution in [0, 0.1) is 5.92 Å². The van der Waals surface area contributed by atoms with Gasteiger partial charge in [0, 0.05) is 29.6 Å². The molecule has 0 N–H and O–H groups in total. The Kier molecular flexibility index (Phi) is 2.84. The standard InChI is InChI=1S/C17H17NO3/c19-16-12-4-1-2-5-14(12)18-8-3-9-21-17(20)11-6-7-13(16)15(18)10-11/h1-2,4-5,11H,3,6-10H2.